The molecule has 2 aromatic rings. The van der Waals surface area contributed by atoms with Crippen LogP contribution in [0.5, 0.6) is 5.75 Å². The molecule has 3 heteroatoms. The molecular formula is C17H18ClNO. The Morgan fingerprint density at radius 2 is 1.90 bits per heavy atom. The molecule has 0 saturated carbocycles. The Morgan fingerprint density at radius 3 is 2.65 bits per heavy atom. The summed E-state index contributed by atoms with van der Waals surface area (Å²) in [4.78, 5) is 0. The van der Waals surface area contributed by atoms with Gasteiger partial charge < -0.3 is 10.1 Å². The lowest BCUT2D eigenvalue weighted by Gasteiger charge is -2.17. The lowest BCUT2D eigenvalue weighted by molar-refractivity contribution is 0.414. The second kappa shape index (κ2) is 5.86. The molecule has 104 valence electrons. The number of hydrogen-bond acceptors (Lipinski definition) is 2. The standard InChI is InChI=1S/C17H18ClNO/c1-20-14-8-6-12(7-9-14)11-19-17-15-5-3-2-4-13(15)10-16(17)18/h2-9,16-17,19H,10-11H2,1H3. The lowest BCUT2D eigenvalue weighted by Crippen LogP contribution is -2.25. The molecule has 0 amide bonds. The second-order valence-electron chi connectivity index (χ2n) is 5.13. The number of hydrogen-bond donors (Lipinski definition) is 1. The highest BCUT2D eigenvalue weighted by atomic mass is 35.5. The van der Waals surface area contributed by atoms with E-state index in [2.05, 4.69) is 41.7 Å². The van der Waals surface area contributed by atoms with Gasteiger partial charge in [0, 0.05) is 12.6 Å². The second-order valence-corrected chi connectivity index (χ2v) is 5.69. The van der Waals surface area contributed by atoms with Crippen molar-refractivity contribution < 1.29 is 4.74 Å². The first-order valence-electron chi connectivity index (χ1n) is 6.86. The Bertz CT molecular complexity index is 582. The van der Waals surface area contributed by atoms with E-state index in [1.807, 2.05) is 12.1 Å². The fourth-order valence-corrected chi connectivity index (χ4v) is 3.15. The van der Waals surface area contributed by atoms with Gasteiger partial charge in [-0.3, -0.25) is 0 Å². The van der Waals surface area contributed by atoms with Crippen LogP contribution in [-0.4, -0.2) is 12.5 Å². The zero-order chi connectivity index (χ0) is 13.9. The molecule has 0 aliphatic heterocycles. The van der Waals surface area contributed by atoms with Crippen LogP contribution in [0.25, 0.3) is 0 Å². The summed E-state index contributed by atoms with van der Waals surface area (Å²) in [6.07, 6.45) is 0.942. The van der Waals surface area contributed by atoms with Crippen molar-refractivity contribution in [3.8, 4) is 5.75 Å². The van der Waals surface area contributed by atoms with Crippen LogP contribution in [0.2, 0.25) is 0 Å². The smallest absolute Gasteiger partial charge is 0.118 e. The van der Waals surface area contributed by atoms with Crippen LogP contribution in [0.1, 0.15) is 22.7 Å². The van der Waals surface area contributed by atoms with Gasteiger partial charge in [-0.25, -0.2) is 0 Å². The van der Waals surface area contributed by atoms with Crippen molar-refractivity contribution in [1.29, 1.82) is 0 Å². The van der Waals surface area contributed by atoms with E-state index >= 15 is 0 Å². The van der Waals surface area contributed by atoms with E-state index in [1.54, 1.807) is 7.11 Å². The highest BCUT2D eigenvalue weighted by Gasteiger charge is 2.29. The molecule has 0 heterocycles. The first-order valence-corrected chi connectivity index (χ1v) is 7.30. The third-order valence-corrected chi connectivity index (χ3v) is 4.26. The normalized spacial score (nSPS) is 20.7. The number of benzene rings is 2. The zero-order valence-corrected chi connectivity index (χ0v) is 12.2. The summed E-state index contributed by atoms with van der Waals surface area (Å²) in [6.45, 7) is 0.812. The average Bonchev–Trinajstić information content (AvgIpc) is 2.81. The van der Waals surface area contributed by atoms with Crippen LogP contribution in [0, 0.1) is 0 Å². The summed E-state index contributed by atoms with van der Waals surface area (Å²) in [5.41, 5.74) is 3.93. The summed E-state index contributed by atoms with van der Waals surface area (Å²) in [5, 5.41) is 3.70. The van der Waals surface area contributed by atoms with Crippen LogP contribution in [-0.2, 0) is 13.0 Å². The van der Waals surface area contributed by atoms with Crippen LogP contribution in [0.15, 0.2) is 48.5 Å². The van der Waals surface area contributed by atoms with Crippen molar-refractivity contribution in [3.05, 3.63) is 65.2 Å². The van der Waals surface area contributed by atoms with Crippen molar-refractivity contribution >= 4 is 11.6 Å². The van der Waals surface area contributed by atoms with E-state index in [-0.39, 0.29) is 11.4 Å². The molecule has 1 aliphatic rings. The molecule has 2 nitrogen and oxygen atoms in total. The Morgan fingerprint density at radius 1 is 1.15 bits per heavy atom. The summed E-state index contributed by atoms with van der Waals surface area (Å²) in [6, 6.07) is 16.9. The molecule has 0 radical (unpaired) electrons. The minimum atomic E-state index is 0.130. The lowest BCUT2D eigenvalue weighted by atomic mass is 10.1. The van der Waals surface area contributed by atoms with Gasteiger partial charge in [0.1, 0.15) is 5.75 Å². The predicted octanol–water partition coefficient (Wildman–Crippen LogP) is 3.69. The molecule has 20 heavy (non-hydrogen) atoms. The molecule has 1 aliphatic carbocycles. The van der Waals surface area contributed by atoms with Gasteiger partial charge in [-0.05, 0) is 35.2 Å². The van der Waals surface area contributed by atoms with Gasteiger partial charge in [-0.2, -0.15) is 0 Å². The van der Waals surface area contributed by atoms with Crippen LogP contribution in [0.4, 0.5) is 0 Å². The van der Waals surface area contributed by atoms with Crippen molar-refractivity contribution in [3.63, 3.8) is 0 Å². The van der Waals surface area contributed by atoms with Crippen LogP contribution < -0.4 is 10.1 Å². The highest BCUT2D eigenvalue weighted by molar-refractivity contribution is 6.21. The van der Waals surface area contributed by atoms with Gasteiger partial charge in [0.05, 0.1) is 12.5 Å². The third-order valence-electron chi connectivity index (χ3n) is 3.85. The van der Waals surface area contributed by atoms with Gasteiger partial charge in [0.2, 0.25) is 0 Å². The molecule has 2 unspecified atom stereocenters. The van der Waals surface area contributed by atoms with E-state index in [9.17, 15) is 0 Å². The predicted molar refractivity (Wildman–Crippen MR) is 82.4 cm³/mol. The Kier molecular flexibility index (Phi) is 3.95. The van der Waals surface area contributed by atoms with E-state index < -0.39 is 0 Å². The van der Waals surface area contributed by atoms with Gasteiger partial charge >= 0.3 is 0 Å². The van der Waals surface area contributed by atoms with E-state index in [0.29, 0.717) is 0 Å². The molecule has 0 bridgehead atoms. The first-order chi connectivity index (χ1) is 9.78. The Balaban J connectivity index is 1.69. The van der Waals surface area contributed by atoms with Crippen molar-refractivity contribution in [2.45, 2.75) is 24.4 Å². The fraction of sp³-hybridized carbons (Fsp3) is 0.294. The topological polar surface area (TPSA) is 21.3 Å². The Labute approximate surface area is 124 Å². The number of nitrogens with one attached hydrogen (secondary N) is 1. The molecular weight excluding hydrogens is 270 g/mol. The molecule has 3 rings (SSSR count). The number of ether oxygens (including phenoxy) is 1. The quantitative estimate of drug-likeness (QED) is 0.866. The monoisotopic (exact) mass is 287 g/mol. The summed E-state index contributed by atoms with van der Waals surface area (Å²) < 4.78 is 5.17. The minimum absolute atomic E-state index is 0.130. The molecule has 1 N–H and O–H groups in total. The zero-order valence-electron chi connectivity index (χ0n) is 11.5. The van der Waals surface area contributed by atoms with Gasteiger partial charge in [0.25, 0.3) is 0 Å². The number of fused-ring (bicyclic) bond motifs is 1. The summed E-state index contributed by atoms with van der Waals surface area (Å²) in [5.74, 6) is 0.884. The third kappa shape index (κ3) is 2.67. The molecule has 0 saturated heterocycles. The maximum atomic E-state index is 6.47. The maximum Gasteiger partial charge on any atom is 0.118 e. The number of halogens is 1. The largest absolute Gasteiger partial charge is 0.497 e. The molecule has 2 aromatic carbocycles. The van der Waals surface area contributed by atoms with E-state index in [0.717, 1.165) is 18.7 Å². The van der Waals surface area contributed by atoms with Gasteiger partial charge in [0.15, 0.2) is 0 Å². The SMILES string of the molecule is COc1ccc(CNC2c3ccccc3CC2Cl)cc1. The average molecular weight is 288 g/mol. The molecule has 0 fully saturated rings. The van der Waals surface area contributed by atoms with E-state index in [1.165, 1.54) is 16.7 Å². The number of alkyl halides is 1. The van der Waals surface area contributed by atoms with Crippen molar-refractivity contribution in [2.24, 2.45) is 0 Å². The molecule has 0 spiro atoms. The van der Waals surface area contributed by atoms with Crippen molar-refractivity contribution in [1.82, 2.24) is 5.32 Å². The Hall–Kier alpha value is -1.51. The van der Waals surface area contributed by atoms with Crippen LogP contribution >= 0.6 is 11.6 Å². The van der Waals surface area contributed by atoms with Gasteiger partial charge in [-0.15, -0.1) is 11.6 Å². The first kappa shape index (κ1) is 13.5. The van der Waals surface area contributed by atoms with E-state index in [4.69, 9.17) is 16.3 Å². The van der Waals surface area contributed by atoms with Crippen LogP contribution in [0.3, 0.4) is 0 Å². The highest BCUT2D eigenvalue weighted by Crippen LogP contribution is 2.34. The minimum Gasteiger partial charge on any atom is -0.497 e. The number of methoxy groups -OCH3 is 1. The maximum absolute atomic E-state index is 6.47. The number of rotatable bonds is 4. The van der Waals surface area contributed by atoms with Crippen molar-refractivity contribution in [2.75, 3.05) is 7.11 Å². The fourth-order valence-electron chi connectivity index (χ4n) is 2.76. The molecule has 0 aromatic heterocycles. The van der Waals surface area contributed by atoms with Gasteiger partial charge in [-0.1, -0.05) is 36.4 Å². The summed E-state index contributed by atoms with van der Waals surface area (Å²) >= 11 is 6.47. The summed E-state index contributed by atoms with van der Waals surface area (Å²) in [7, 11) is 1.68. The molecule has 2 atom stereocenters.